The average Bonchev–Trinajstić information content (AvgIpc) is 2.52. The molecule has 14 heavy (non-hydrogen) atoms. The van der Waals surface area contributed by atoms with Crippen molar-refractivity contribution in [3.05, 3.63) is 0 Å². The number of nitrogens with one attached hydrogen (secondary N) is 1. The Morgan fingerprint density at radius 2 is 2.36 bits per heavy atom. The van der Waals surface area contributed by atoms with Crippen LogP contribution in [0.1, 0.15) is 13.3 Å². The van der Waals surface area contributed by atoms with Gasteiger partial charge in [0.05, 0.1) is 0 Å². The predicted octanol–water partition coefficient (Wildman–Crippen LogP) is 0.810. The molecule has 1 aliphatic rings. The van der Waals surface area contributed by atoms with Crippen LogP contribution in [0.25, 0.3) is 0 Å². The molecule has 0 aromatic rings. The summed E-state index contributed by atoms with van der Waals surface area (Å²) in [6.45, 7) is 7.84. The number of likely N-dealkylation sites (tertiary alicyclic amines) is 1. The Morgan fingerprint density at radius 1 is 1.57 bits per heavy atom. The molecule has 1 aliphatic heterocycles. The molecular formula is C11H24N2O. The molecule has 0 saturated carbocycles. The third-order valence-electron chi connectivity index (χ3n) is 2.87. The van der Waals surface area contributed by atoms with Crippen LogP contribution < -0.4 is 5.32 Å². The lowest BCUT2D eigenvalue weighted by atomic mass is 10.1. The second kappa shape index (κ2) is 6.38. The minimum atomic E-state index is 0.624. The maximum atomic E-state index is 5.09. The Kier molecular flexibility index (Phi) is 5.45. The zero-order valence-corrected chi connectivity index (χ0v) is 9.75. The Bertz CT molecular complexity index is 152. The van der Waals surface area contributed by atoms with Gasteiger partial charge in [-0.25, -0.2) is 0 Å². The first-order valence-electron chi connectivity index (χ1n) is 5.60. The quantitative estimate of drug-likeness (QED) is 0.687. The Morgan fingerprint density at radius 3 is 2.93 bits per heavy atom. The van der Waals surface area contributed by atoms with Gasteiger partial charge in [0.1, 0.15) is 0 Å². The molecular weight excluding hydrogens is 176 g/mol. The largest absolute Gasteiger partial charge is 0.384 e. The van der Waals surface area contributed by atoms with Gasteiger partial charge in [0.2, 0.25) is 0 Å². The van der Waals surface area contributed by atoms with Crippen molar-refractivity contribution in [3.8, 4) is 0 Å². The molecule has 3 heteroatoms. The molecule has 1 fully saturated rings. The van der Waals surface area contributed by atoms with Crippen molar-refractivity contribution in [2.75, 3.05) is 46.9 Å². The fraction of sp³-hybridized carbons (Fsp3) is 1.00. The van der Waals surface area contributed by atoms with E-state index in [2.05, 4.69) is 24.2 Å². The van der Waals surface area contributed by atoms with Gasteiger partial charge in [-0.05, 0) is 44.9 Å². The summed E-state index contributed by atoms with van der Waals surface area (Å²) in [4.78, 5) is 2.41. The minimum absolute atomic E-state index is 0.624. The summed E-state index contributed by atoms with van der Waals surface area (Å²) in [5.74, 6) is 1.48. The van der Waals surface area contributed by atoms with Crippen molar-refractivity contribution in [1.82, 2.24) is 10.2 Å². The van der Waals surface area contributed by atoms with Gasteiger partial charge in [-0.3, -0.25) is 0 Å². The smallest absolute Gasteiger partial charge is 0.0499 e. The first-order chi connectivity index (χ1) is 6.72. The van der Waals surface area contributed by atoms with Crippen molar-refractivity contribution in [1.29, 1.82) is 0 Å². The SMILES string of the molecule is COCC(C)CNCC1CCN(C)C1. The summed E-state index contributed by atoms with van der Waals surface area (Å²) in [5, 5.41) is 3.53. The van der Waals surface area contributed by atoms with Crippen molar-refractivity contribution < 1.29 is 4.74 Å². The Labute approximate surface area is 87.8 Å². The maximum absolute atomic E-state index is 5.09. The van der Waals surface area contributed by atoms with Gasteiger partial charge >= 0.3 is 0 Å². The van der Waals surface area contributed by atoms with Crippen LogP contribution >= 0.6 is 0 Å². The van der Waals surface area contributed by atoms with Gasteiger partial charge < -0.3 is 15.0 Å². The van der Waals surface area contributed by atoms with E-state index in [-0.39, 0.29) is 0 Å². The van der Waals surface area contributed by atoms with E-state index in [1.165, 1.54) is 26.1 Å². The molecule has 2 atom stereocenters. The first-order valence-corrected chi connectivity index (χ1v) is 5.60. The molecule has 0 spiro atoms. The number of methoxy groups -OCH3 is 1. The van der Waals surface area contributed by atoms with Crippen LogP contribution in [0.3, 0.4) is 0 Å². The molecule has 0 bridgehead atoms. The molecule has 0 radical (unpaired) electrons. The highest BCUT2D eigenvalue weighted by Crippen LogP contribution is 2.12. The lowest BCUT2D eigenvalue weighted by Gasteiger charge is -2.14. The maximum Gasteiger partial charge on any atom is 0.0499 e. The van der Waals surface area contributed by atoms with Gasteiger partial charge in [0.25, 0.3) is 0 Å². The van der Waals surface area contributed by atoms with E-state index in [0.29, 0.717) is 5.92 Å². The number of rotatable bonds is 6. The highest BCUT2D eigenvalue weighted by Gasteiger charge is 2.18. The molecule has 0 amide bonds. The number of ether oxygens (including phenoxy) is 1. The summed E-state index contributed by atoms with van der Waals surface area (Å²) in [5.41, 5.74) is 0. The second-order valence-corrected chi connectivity index (χ2v) is 4.64. The monoisotopic (exact) mass is 200 g/mol. The van der Waals surface area contributed by atoms with Crippen LogP contribution in [-0.4, -0.2) is 51.8 Å². The van der Waals surface area contributed by atoms with Crippen molar-refractivity contribution in [3.63, 3.8) is 0 Å². The summed E-state index contributed by atoms with van der Waals surface area (Å²) >= 11 is 0. The van der Waals surface area contributed by atoms with Gasteiger partial charge in [-0.1, -0.05) is 6.92 Å². The average molecular weight is 200 g/mol. The van der Waals surface area contributed by atoms with Crippen LogP contribution in [0.2, 0.25) is 0 Å². The van der Waals surface area contributed by atoms with Crippen LogP contribution in [-0.2, 0) is 4.74 Å². The molecule has 1 N–H and O–H groups in total. The molecule has 84 valence electrons. The fourth-order valence-corrected chi connectivity index (χ4v) is 2.07. The normalized spacial score (nSPS) is 25.5. The fourth-order valence-electron chi connectivity index (χ4n) is 2.07. The highest BCUT2D eigenvalue weighted by atomic mass is 16.5. The lowest BCUT2D eigenvalue weighted by Crippen LogP contribution is -2.29. The number of nitrogens with zero attached hydrogens (tertiary/aromatic N) is 1. The summed E-state index contributed by atoms with van der Waals surface area (Å²) < 4.78 is 5.09. The van der Waals surface area contributed by atoms with E-state index < -0.39 is 0 Å². The topological polar surface area (TPSA) is 24.5 Å². The van der Waals surface area contributed by atoms with Gasteiger partial charge in [-0.2, -0.15) is 0 Å². The van der Waals surface area contributed by atoms with E-state index in [9.17, 15) is 0 Å². The van der Waals surface area contributed by atoms with E-state index in [1.807, 2.05) is 0 Å². The van der Waals surface area contributed by atoms with Crippen LogP contribution in [0.15, 0.2) is 0 Å². The number of hydrogen-bond acceptors (Lipinski definition) is 3. The molecule has 3 nitrogen and oxygen atoms in total. The molecule has 2 unspecified atom stereocenters. The van der Waals surface area contributed by atoms with E-state index >= 15 is 0 Å². The zero-order valence-electron chi connectivity index (χ0n) is 9.75. The minimum Gasteiger partial charge on any atom is -0.384 e. The van der Waals surface area contributed by atoms with Crippen molar-refractivity contribution in [2.45, 2.75) is 13.3 Å². The molecule has 1 rings (SSSR count). The molecule has 1 saturated heterocycles. The van der Waals surface area contributed by atoms with Crippen LogP contribution in [0.4, 0.5) is 0 Å². The third-order valence-corrected chi connectivity index (χ3v) is 2.87. The molecule has 0 aliphatic carbocycles. The second-order valence-electron chi connectivity index (χ2n) is 4.64. The van der Waals surface area contributed by atoms with Gasteiger partial charge in [0.15, 0.2) is 0 Å². The van der Waals surface area contributed by atoms with Gasteiger partial charge in [0, 0.05) is 20.3 Å². The molecule has 0 aromatic heterocycles. The van der Waals surface area contributed by atoms with Crippen LogP contribution in [0.5, 0.6) is 0 Å². The first kappa shape index (κ1) is 12.0. The zero-order chi connectivity index (χ0) is 10.4. The highest BCUT2D eigenvalue weighted by molar-refractivity contribution is 4.74. The van der Waals surface area contributed by atoms with Crippen molar-refractivity contribution in [2.24, 2.45) is 11.8 Å². The third kappa shape index (κ3) is 4.40. The van der Waals surface area contributed by atoms with Gasteiger partial charge in [-0.15, -0.1) is 0 Å². The van der Waals surface area contributed by atoms with E-state index in [4.69, 9.17) is 4.74 Å². The molecule has 0 aromatic carbocycles. The summed E-state index contributed by atoms with van der Waals surface area (Å²) in [7, 11) is 3.97. The molecule has 1 heterocycles. The standard InChI is InChI=1S/C11H24N2O/c1-10(9-14-3)6-12-7-11-4-5-13(2)8-11/h10-12H,4-9H2,1-3H3. The van der Waals surface area contributed by atoms with Crippen LogP contribution in [0, 0.1) is 11.8 Å². The van der Waals surface area contributed by atoms with Crippen molar-refractivity contribution >= 4 is 0 Å². The number of hydrogen-bond donors (Lipinski definition) is 1. The Hall–Kier alpha value is -0.120. The Balaban J connectivity index is 1.98. The summed E-state index contributed by atoms with van der Waals surface area (Å²) in [6, 6.07) is 0. The van der Waals surface area contributed by atoms with E-state index in [0.717, 1.165) is 19.1 Å². The summed E-state index contributed by atoms with van der Waals surface area (Å²) in [6.07, 6.45) is 1.35. The van der Waals surface area contributed by atoms with E-state index in [1.54, 1.807) is 7.11 Å². The lowest BCUT2D eigenvalue weighted by molar-refractivity contribution is 0.158. The predicted molar refractivity (Wildman–Crippen MR) is 59.5 cm³/mol.